The number of nitrogens with two attached hydrogens (primary N) is 2. The van der Waals surface area contributed by atoms with Gasteiger partial charge in [-0.05, 0) is 38.3 Å². The molecule has 0 saturated heterocycles. The molecule has 2 rings (SSSR count). The number of nitrogens with one attached hydrogen (secondary N) is 3. The van der Waals surface area contributed by atoms with Crippen molar-refractivity contribution in [3.8, 4) is 0 Å². The monoisotopic (exact) mass is 630 g/mol. The summed E-state index contributed by atoms with van der Waals surface area (Å²) in [5.41, 5.74) is 12.9. The number of rotatable bonds is 12. The predicted octanol–water partition coefficient (Wildman–Crippen LogP) is 3.40. The lowest BCUT2D eigenvalue weighted by Crippen LogP contribution is -2.41. The van der Waals surface area contributed by atoms with E-state index in [1.165, 1.54) is 23.4 Å². The zero-order chi connectivity index (χ0) is 35.6. The van der Waals surface area contributed by atoms with Gasteiger partial charge in [-0.25, -0.2) is 4.79 Å². The van der Waals surface area contributed by atoms with Gasteiger partial charge in [0.05, 0.1) is 25.6 Å². The molecule has 0 aliphatic carbocycles. The summed E-state index contributed by atoms with van der Waals surface area (Å²) in [6, 6.07) is 9.96. The van der Waals surface area contributed by atoms with Gasteiger partial charge in [0.25, 0.3) is 0 Å². The first kappa shape index (κ1) is 47.6. The summed E-state index contributed by atoms with van der Waals surface area (Å²) in [6.45, 7) is 19.3. The molecule has 2 amide bonds. The summed E-state index contributed by atoms with van der Waals surface area (Å²) in [4.78, 5) is 55.4. The van der Waals surface area contributed by atoms with Crippen LogP contribution in [0, 0.1) is 5.92 Å². The molecule has 0 saturated carbocycles. The third-order valence-corrected chi connectivity index (χ3v) is 5.20. The Morgan fingerprint density at radius 1 is 1.02 bits per heavy atom. The number of carbonyl (C=O) groups is 4. The van der Waals surface area contributed by atoms with E-state index in [9.17, 15) is 24.0 Å². The number of aryl methyl sites for hydroxylation is 1. The number of aldehydes is 2. The number of nitrogens with zero attached hydrogens (tertiary/aromatic N) is 1. The second kappa shape index (κ2) is 34.1. The van der Waals surface area contributed by atoms with Crippen LogP contribution >= 0.6 is 0 Å². The van der Waals surface area contributed by atoms with Crippen LogP contribution in [0.15, 0.2) is 78.3 Å². The lowest BCUT2D eigenvalue weighted by Gasteiger charge is -2.12. The average Bonchev–Trinajstić information content (AvgIpc) is 3.37. The van der Waals surface area contributed by atoms with Crippen LogP contribution in [-0.2, 0) is 39.1 Å². The van der Waals surface area contributed by atoms with E-state index < -0.39 is 6.04 Å². The van der Waals surface area contributed by atoms with Crippen LogP contribution in [0.1, 0.15) is 59.2 Å². The molecule has 11 heteroatoms. The van der Waals surface area contributed by atoms with Gasteiger partial charge in [0.2, 0.25) is 11.8 Å². The maximum absolute atomic E-state index is 11.1. The van der Waals surface area contributed by atoms with Crippen molar-refractivity contribution in [2.45, 2.75) is 66.8 Å². The van der Waals surface area contributed by atoms with E-state index >= 15 is 0 Å². The van der Waals surface area contributed by atoms with Crippen LogP contribution in [-0.4, -0.2) is 60.1 Å². The standard InChI is InChI=1S/C8H11N3O3.C8H16N2O2.C8H10.C7H10.C2H6.CH5N/c1-11-6(5-10-8(11)14)4-7(13)9-2-3-12;1-6(2)5-7(9)8(12)10-3-4-11;1-2-8-6-4-3-5-7-8;1-4-6-7(3)5-2;2*1-2/h3,5H,2,4H2,1H3,(H,9,13)(H,10,14);4,6-7H,3,5,9H2,1-2H3,(H,10,12);3-7H,2H2,1H3;4-6H,1-2H2,3H3;1-2H3;2H2,1H3/b;;;7-6-;;/t;7-;;;;/m.0..../s1. The molecule has 0 spiro atoms. The third kappa shape index (κ3) is 29.5. The molecule has 0 fully saturated rings. The van der Waals surface area contributed by atoms with Gasteiger partial charge in [0.1, 0.15) is 12.6 Å². The highest BCUT2D eigenvalue weighted by Crippen LogP contribution is 2.02. The van der Waals surface area contributed by atoms with Crippen molar-refractivity contribution < 1.29 is 19.2 Å². The Hall–Kier alpha value is -4.35. The van der Waals surface area contributed by atoms with Gasteiger partial charge in [-0.2, -0.15) is 0 Å². The van der Waals surface area contributed by atoms with Crippen LogP contribution in [0.2, 0.25) is 0 Å². The van der Waals surface area contributed by atoms with Gasteiger partial charge < -0.3 is 36.7 Å². The second-order valence-corrected chi connectivity index (χ2v) is 9.13. The highest BCUT2D eigenvalue weighted by atomic mass is 16.2. The molecule has 1 aromatic heterocycles. The number of aromatic amines is 1. The number of carbonyl (C=O) groups excluding carboxylic acids is 4. The zero-order valence-corrected chi connectivity index (χ0v) is 28.6. The van der Waals surface area contributed by atoms with E-state index in [0.717, 1.165) is 12.0 Å². The minimum atomic E-state index is -0.495. The van der Waals surface area contributed by atoms with E-state index in [1.54, 1.807) is 19.2 Å². The number of amides is 2. The molecule has 1 heterocycles. The van der Waals surface area contributed by atoms with Crippen LogP contribution < -0.4 is 27.8 Å². The van der Waals surface area contributed by atoms with Crippen LogP contribution in [0.25, 0.3) is 0 Å². The third-order valence-electron chi connectivity index (χ3n) is 5.20. The first-order valence-electron chi connectivity index (χ1n) is 14.9. The molecule has 0 aliphatic heterocycles. The van der Waals surface area contributed by atoms with Gasteiger partial charge in [0, 0.05) is 18.9 Å². The highest BCUT2D eigenvalue weighted by Gasteiger charge is 2.13. The van der Waals surface area contributed by atoms with E-state index in [4.69, 9.17) is 5.73 Å². The molecule has 7 N–H and O–H groups in total. The number of aromatic nitrogens is 2. The summed E-state index contributed by atoms with van der Waals surface area (Å²) < 4.78 is 1.35. The Bertz CT molecular complexity index is 1140. The molecule has 0 radical (unpaired) electrons. The fraction of sp³-hybridized carbons (Fsp3) is 0.441. The van der Waals surface area contributed by atoms with Gasteiger partial charge in [-0.3, -0.25) is 14.2 Å². The molecule has 11 nitrogen and oxygen atoms in total. The molecule has 0 bridgehead atoms. The fourth-order valence-electron chi connectivity index (χ4n) is 2.88. The van der Waals surface area contributed by atoms with Crippen LogP contribution in [0.3, 0.4) is 0 Å². The summed E-state index contributed by atoms with van der Waals surface area (Å²) in [5.74, 6) is -0.149. The van der Waals surface area contributed by atoms with Gasteiger partial charge >= 0.3 is 5.69 Å². The van der Waals surface area contributed by atoms with Crippen molar-refractivity contribution in [1.29, 1.82) is 0 Å². The largest absolute Gasteiger partial charge is 0.349 e. The van der Waals surface area contributed by atoms with Gasteiger partial charge in [-0.15, -0.1) is 0 Å². The number of allylic oxidation sites excluding steroid dienone is 4. The first-order valence-corrected chi connectivity index (χ1v) is 14.9. The lowest BCUT2D eigenvalue weighted by molar-refractivity contribution is -0.124. The Balaban J connectivity index is -0.000000247. The molecule has 1 aromatic carbocycles. The van der Waals surface area contributed by atoms with Crippen molar-refractivity contribution in [3.05, 3.63) is 95.2 Å². The summed E-state index contributed by atoms with van der Waals surface area (Å²) in [7, 11) is 3.07. The Morgan fingerprint density at radius 2 is 1.56 bits per heavy atom. The van der Waals surface area contributed by atoms with E-state index in [-0.39, 0.29) is 37.0 Å². The van der Waals surface area contributed by atoms with Crippen LogP contribution in [0.5, 0.6) is 0 Å². The van der Waals surface area contributed by atoms with Crippen molar-refractivity contribution in [3.63, 3.8) is 0 Å². The summed E-state index contributed by atoms with van der Waals surface area (Å²) in [6.07, 6.45) is 10.0. The molecule has 254 valence electrons. The normalized spacial score (nSPS) is 9.98. The molecule has 0 unspecified atom stereocenters. The molecule has 1 atom stereocenters. The van der Waals surface area contributed by atoms with Crippen LogP contribution in [0.4, 0.5) is 0 Å². The smallest absolute Gasteiger partial charge is 0.325 e. The van der Waals surface area contributed by atoms with Crippen molar-refractivity contribution in [1.82, 2.24) is 20.2 Å². The highest BCUT2D eigenvalue weighted by molar-refractivity contribution is 5.83. The zero-order valence-electron chi connectivity index (χ0n) is 28.6. The van der Waals surface area contributed by atoms with Crippen molar-refractivity contribution in [2.24, 2.45) is 24.4 Å². The molecular formula is C34H58N6O5. The summed E-state index contributed by atoms with van der Waals surface area (Å²) >= 11 is 0. The average molecular weight is 631 g/mol. The Labute approximate surface area is 270 Å². The number of H-pyrrole nitrogens is 1. The number of hydrogen-bond donors (Lipinski definition) is 5. The van der Waals surface area contributed by atoms with Gasteiger partial charge in [-0.1, -0.05) is 102 Å². The van der Waals surface area contributed by atoms with E-state index in [2.05, 4.69) is 65.7 Å². The van der Waals surface area contributed by atoms with Crippen molar-refractivity contribution in [2.75, 3.05) is 20.1 Å². The van der Waals surface area contributed by atoms with E-state index in [0.29, 0.717) is 30.6 Å². The number of benzene rings is 1. The topological polar surface area (TPSA) is 182 Å². The second-order valence-electron chi connectivity index (χ2n) is 9.13. The Morgan fingerprint density at radius 3 is 1.91 bits per heavy atom. The maximum Gasteiger partial charge on any atom is 0.325 e. The maximum atomic E-state index is 11.1. The summed E-state index contributed by atoms with van der Waals surface area (Å²) in [5, 5.41) is 4.79. The lowest BCUT2D eigenvalue weighted by atomic mass is 10.0. The molecule has 0 aliphatic rings. The quantitative estimate of drug-likeness (QED) is 0.176. The number of imidazole rings is 1. The SMILES string of the molecule is C=C/C=C(/C)C=C.CC.CC(C)C[C@H](N)C(=O)NCC=O.CCc1ccccc1.CN.Cn1c(CC(=O)NCC=O)c[nH]c1=O. The Kier molecular flexibility index (Phi) is 36.1. The molecule has 45 heavy (non-hydrogen) atoms. The first-order chi connectivity index (χ1) is 21.5. The molecular weight excluding hydrogens is 572 g/mol. The predicted molar refractivity (Wildman–Crippen MR) is 187 cm³/mol. The molecule has 2 aromatic rings. The van der Waals surface area contributed by atoms with E-state index in [1.807, 2.05) is 46.8 Å². The fourth-order valence-corrected chi connectivity index (χ4v) is 2.88. The van der Waals surface area contributed by atoms with Crippen molar-refractivity contribution >= 4 is 24.4 Å². The minimum absolute atomic E-state index is 0.00278. The minimum Gasteiger partial charge on any atom is -0.349 e. The van der Waals surface area contributed by atoms with Gasteiger partial charge in [0.15, 0.2) is 0 Å². The number of hydrogen-bond acceptors (Lipinski definition) is 7.